The zero-order chi connectivity index (χ0) is 23.6. The van der Waals surface area contributed by atoms with E-state index >= 15 is 0 Å². The quantitative estimate of drug-likeness (QED) is 0.295. The van der Waals surface area contributed by atoms with Crippen LogP contribution in [0.15, 0.2) is 54.6 Å². The maximum absolute atomic E-state index is 2.53. The molecule has 1 unspecified atom stereocenters. The van der Waals surface area contributed by atoms with Gasteiger partial charge in [0.15, 0.2) is 0 Å². The van der Waals surface area contributed by atoms with Crippen molar-refractivity contribution in [3.05, 3.63) is 65.7 Å². The maximum atomic E-state index is 2.53. The second kappa shape index (κ2) is 13.3. The topological polar surface area (TPSA) is 0 Å². The first-order chi connectivity index (χ1) is 16.8. The summed E-state index contributed by atoms with van der Waals surface area (Å²) < 4.78 is 0. The van der Waals surface area contributed by atoms with Gasteiger partial charge in [-0.1, -0.05) is 120 Å². The van der Waals surface area contributed by atoms with Gasteiger partial charge in [-0.2, -0.15) is 0 Å². The van der Waals surface area contributed by atoms with Crippen LogP contribution in [-0.4, -0.2) is 0 Å². The summed E-state index contributed by atoms with van der Waals surface area (Å²) in [6, 6.07) is 18.9. The molecule has 34 heavy (non-hydrogen) atoms. The summed E-state index contributed by atoms with van der Waals surface area (Å²) in [5.74, 6) is 2.69. The van der Waals surface area contributed by atoms with Crippen molar-refractivity contribution < 1.29 is 0 Å². The first-order valence-corrected chi connectivity index (χ1v) is 14.7. The molecule has 0 bridgehead atoms. The predicted octanol–water partition coefficient (Wildman–Crippen LogP) is 11.0. The Morgan fingerprint density at radius 3 is 1.71 bits per heavy atom. The highest BCUT2D eigenvalue weighted by molar-refractivity contribution is 5.71. The van der Waals surface area contributed by atoms with Gasteiger partial charge in [-0.3, -0.25) is 0 Å². The van der Waals surface area contributed by atoms with Gasteiger partial charge in [0.25, 0.3) is 0 Å². The van der Waals surface area contributed by atoms with Crippen molar-refractivity contribution >= 4 is 5.57 Å². The minimum absolute atomic E-state index is 0.780. The van der Waals surface area contributed by atoms with Crippen LogP contribution in [0.4, 0.5) is 0 Å². The van der Waals surface area contributed by atoms with Gasteiger partial charge in [0.2, 0.25) is 0 Å². The van der Waals surface area contributed by atoms with Crippen LogP contribution < -0.4 is 0 Å². The molecule has 1 atom stereocenters. The molecule has 4 rings (SSSR count). The highest BCUT2D eigenvalue weighted by Crippen LogP contribution is 2.38. The molecule has 0 aliphatic heterocycles. The molecule has 0 radical (unpaired) electrons. The smallest absolute Gasteiger partial charge is 0.0162 e. The molecular formula is C34H48. The molecular weight excluding hydrogens is 408 g/mol. The van der Waals surface area contributed by atoms with E-state index in [0.717, 1.165) is 17.8 Å². The third kappa shape index (κ3) is 7.10. The van der Waals surface area contributed by atoms with Crippen LogP contribution in [0, 0.1) is 11.8 Å². The summed E-state index contributed by atoms with van der Waals surface area (Å²) in [6.07, 6.45) is 23.3. The first kappa shape index (κ1) is 25.3. The molecule has 0 N–H and O–H groups in total. The standard InChI is InChI=1S/C34H48/c1-3-5-7-9-27-11-15-29(16-12-27)31-19-23-33(24-20-31)34-25-21-32(22-26-34)30-17-13-28(14-18-30)10-8-6-4-2/h15,19-28,30H,3-14,16-18H2,1-2H3/t27?,28-,30-. The van der Waals surface area contributed by atoms with Crippen LogP contribution in [0.3, 0.4) is 0 Å². The van der Waals surface area contributed by atoms with Crippen LogP contribution in [0.5, 0.6) is 0 Å². The van der Waals surface area contributed by atoms with Crippen LogP contribution >= 0.6 is 0 Å². The zero-order valence-electron chi connectivity index (χ0n) is 22.0. The third-order valence-corrected chi connectivity index (χ3v) is 8.77. The van der Waals surface area contributed by atoms with E-state index in [0.29, 0.717) is 0 Å². The van der Waals surface area contributed by atoms with Crippen LogP contribution in [0.25, 0.3) is 16.7 Å². The lowest BCUT2D eigenvalue weighted by atomic mass is 9.77. The van der Waals surface area contributed by atoms with E-state index in [1.165, 1.54) is 113 Å². The van der Waals surface area contributed by atoms with Crippen molar-refractivity contribution in [1.82, 2.24) is 0 Å². The Labute approximate surface area is 210 Å². The summed E-state index contributed by atoms with van der Waals surface area (Å²) in [7, 11) is 0. The Morgan fingerprint density at radius 1 is 0.588 bits per heavy atom. The fourth-order valence-electron chi connectivity index (χ4n) is 6.39. The van der Waals surface area contributed by atoms with Crippen molar-refractivity contribution in [2.24, 2.45) is 11.8 Å². The molecule has 2 aliphatic carbocycles. The molecule has 2 aromatic rings. The maximum Gasteiger partial charge on any atom is -0.0162 e. The third-order valence-electron chi connectivity index (χ3n) is 8.77. The summed E-state index contributed by atoms with van der Waals surface area (Å²) in [4.78, 5) is 0. The zero-order valence-corrected chi connectivity index (χ0v) is 22.0. The van der Waals surface area contributed by atoms with Gasteiger partial charge in [-0.25, -0.2) is 0 Å². The van der Waals surface area contributed by atoms with Crippen molar-refractivity contribution in [3.63, 3.8) is 0 Å². The van der Waals surface area contributed by atoms with Crippen LogP contribution in [0.1, 0.15) is 127 Å². The summed E-state index contributed by atoms with van der Waals surface area (Å²) in [5.41, 5.74) is 7.27. The molecule has 2 aliphatic rings. The van der Waals surface area contributed by atoms with Gasteiger partial charge in [-0.15, -0.1) is 0 Å². The van der Waals surface area contributed by atoms with E-state index in [1.54, 1.807) is 11.1 Å². The normalized spacial score (nSPS) is 23.0. The summed E-state index contributed by atoms with van der Waals surface area (Å²) >= 11 is 0. The van der Waals surface area contributed by atoms with E-state index in [9.17, 15) is 0 Å². The Kier molecular flexibility index (Phi) is 9.90. The minimum atomic E-state index is 0.780. The number of allylic oxidation sites excluding steroid dienone is 2. The second-order valence-electron chi connectivity index (χ2n) is 11.3. The number of rotatable bonds is 11. The minimum Gasteiger partial charge on any atom is -0.0804 e. The SMILES string of the molecule is CCCCCC1CC=C(c2ccc(-c3ccc([C@H]4CC[C@H](CCCCC)CC4)cc3)cc2)CC1. The van der Waals surface area contributed by atoms with Crippen LogP contribution in [0.2, 0.25) is 0 Å². The van der Waals surface area contributed by atoms with Crippen molar-refractivity contribution in [2.45, 2.75) is 116 Å². The molecule has 0 nitrogen and oxygen atoms in total. The molecule has 0 heteroatoms. The summed E-state index contributed by atoms with van der Waals surface area (Å²) in [6.45, 7) is 4.62. The molecule has 1 saturated carbocycles. The van der Waals surface area contributed by atoms with E-state index in [1.807, 2.05) is 0 Å². The lowest BCUT2D eigenvalue weighted by Crippen LogP contribution is -2.13. The first-order valence-electron chi connectivity index (χ1n) is 14.7. The molecule has 0 amide bonds. The Morgan fingerprint density at radius 2 is 1.15 bits per heavy atom. The van der Waals surface area contributed by atoms with Crippen molar-refractivity contribution in [1.29, 1.82) is 0 Å². The number of hydrogen-bond donors (Lipinski definition) is 0. The highest BCUT2D eigenvalue weighted by Gasteiger charge is 2.22. The fraction of sp³-hybridized carbons (Fsp3) is 0.588. The van der Waals surface area contributed by atoms with Gasteiger partial charge in [0, 0.05) is 0 Å². The average Bonchev–Trinajstić information content (AvgIpc) is 2.90. The van der Waals surface area contributed by atoms with Gasteiger partial charge >= 0.3 is 0 Å². The summed E-state index contributed by atoms with van der Waals surface area (Å²) in [5, 5.41) is 0. The molecule has 0 spiro atoms. The van der Waals surface area contributed by atoms with Gasteiger partial charge < -0.3 is 0 Å². The van der Waals surface area contributed by atoms with E-state index in [-0.39, 0.29) is 0 Å². The molecule has 184 valence electrons. The van der Waals surface area contributed by atoms with E-state index in [4.69, 9.17) is 0 Å². The Balaban J connectivity index is 1.28. The van der Waals surface area contributed by atoms with Crippen LogP contribution in [-0.2, 0) is 0 Å². The molecule has 0 saturated heterocycles. The fourth-order valence-corrected chi connectivity index (χ4v) is 6.39. The van der Waals surface area contributed by atoms with Crippen molar-refractivity contribution in [2.75, 3.05) is 0 Å². The molecule has 0 aromatic heterocycles. The lowest BCUT2D eigenvalue weighted by Gasteiger charge is -2.29. The van der Waals surface area contributed by atoms with E-state index < -0.39 is 0 Å². The highest BCUT2D eigenvalue weighted by atomic mass is 14.3. The lowest BCUT2D eigenvalue weighted by molar-refractivity contribution is 0.303. The Bertz CT molecular complexity index is 861. The molecule has 1 fully saturated rings. The average molecular weight is 457 g/mol. The number of hydrogen-bond acceptors (Lipinski definition) is 0. The predicted molar refractivity (Wildman–Crippen MR) is 150 cm³/mol. The van der Waals surface area contributed by atoms with Gasteiger partial charge in [0.05, 0.1) is 0 Å². The van der Waals surface area contributed by atoms with Gasteiger partial charge in [0.1, 0.15) is 0 Å². The number of unbranched alkanes of at least 4 members (excludes halogenated alkanes) is 4. The Hall–Kier alpha value is -1.82. The largest absolute Gasteiger partial charge is 0.0804 e. The molecule has 2 aromatic carbocycles. The number of benzene rings is 2. The monoisotopic (exact) mass is 456 g/mol. The second-order valence-corrected chi connectivity index (χ2v) is 11.3. The van der Waals surface area contributed by atoms with E-state index in [2.05, 4.69) is 68.5 Å². The molecule has 0 heterocycles. The van der Waals surface area contributed by atoms with Crippen molar-refractivity contribution in [3.8, 4) is 11.1 Å². The van der Waals surface area contributed by atoms with Gasteiger partial charge in [-0.05, 0) is 90.5 Å².